The molecule has 1 saturated heterocycles. The van der Waals surface area contributed by atoms with Gasteiger partial charge in [-0.15, -0.1) is 0 Å². The van der Waals surface area contributed by atoms with Crippen molar-refractivity contribution in [2.75, 3.05) is 37.6 Å². The molecule has 4 rings (SSSR count). The Hall–Kier alpha value is -2.66. The number of fused-ring (bicyclic) bond motifs is 1. The highest BCUT2D eigenvalue weighted by Gasteiger charge is 2.18. The first kappa shape index (κ1) is 17.7. The van der Waals surface area contributed by atoms with Crippen molar-refractivity contribution in [3.05, 3.63) is 54.9 Å². The maximum Gasteiger partial charge on any atom is 0.154 e. The van der Waals surface area contributed by atoms with Gasteiger partial charge in [-0.05, 0) is 36.3 Å². The van der Waals surface area contributed by atoms with Crippen LogP contribution in [-0.2, 0) is 0 Å². The highest BCUT2D eigenvalue weighted by atomic mass is 15.3. The lowest BCUT2D eigenvalue weighted by molar-refractivity contribution is 0.231. The topological polar surface area (TPSA) is 36.7 Å². The third-order valence-electron chi connectivity index (χ3n) is 5.09. The average Bonchev–Trinajstić information content (AvgIpc) is 3.11. The van der Waals surface area contributed by atoms with Gasteiger partial charge in [0, 0.05) is 44.0 Å². The number of hydrogen-bond acceptors (Lipinski definition) is 4. The number of benzene rings is 1. The number of anilines is 1. The zero-order valence-corrected chi connectivity index (χ0v) is 16.2. The molecule has 2 aromatic heterocycles. The smallest absolute Gasteiger partial charge is 0.154 e. The first-order chi connectivity index (χ1) is 13.1. The van der Waals surface area contributed by atoms with Gasteiger partial charge in [0.1, 0.15) is 0 Å². The summed E-state index contributed by atoms with van der Waals surface area (Å²) in [4.78, 5) is 9.54. The van der Waals surface area contributed by atoms with E-state index in [9.17, 15) is 0 Å². The predicted octanol–water partition coefficient (Wildman–Crippen LogP) is 3.82. The fourth-order valence-corrected chi connectivity index (χ4v) is 3.76. The van der Waals surface area contributed by atoms with Crippen molar-refractivity contribution >= 4 is 17.4 Å². The Kier molecular flexibility index (Phi) is 4.94. The fraction of sp³-hybridized carbons (Fsp3) is 0.364. The largest absolute Gasteiger partial charge is 0.369 e. The molecule has 0 spiro atoms. The molecule has 1 aliphatic heterocycles. The third kappa shape index (κ3) is 3.74. The zero-order valence-electron chi connectivity index (χ0n) is 16.2. The maximum absolute atomic E-state index is 4.63. The van der Waals surface area contributed by atoms with Crippen LogP contribution in [0.2, 0.25) is 0 Å². The highest BCUT2D eigenvalue weighted by molar-refractivity contribution is 5.68. The molecule has 27 heavy (non-hydrogen) atoms. The second-order valence-electron chi connectivity index (χ2n) is 7.61. The first-order valence-electron chi connectivity index (χ1n) is 9.69. The maximum atomic E-state index is 4.63. The Morgan fingerprint density at radius 3 is 2.67 bits per heavy atom. The summed E-state index contributed by atoms with van der Waals surface area (Å²) >= 11 is 0. The molecule has 1 aliphatic rings. The van der Waals surface area contributed by atoms with Gasteiger partial charge >= 0.3 is 0 Å². The van der Waals surface area contributed by atoms with E-state index in [2.05, 4.69) is 64.6 Å². The molecule has 0 N–H and O–H groups in total. The summed E-state index contributed by atoms with van der Waals surface area (Å²) in [7, 11) is 0. The predicted molar refractivity (Wildman–Crippen MR) is 112 cm³/mol. The van der Waals surface area contributed by atoms with Gasteiger partial charge in [-0.3, -0.25) is 4.90 Å². The highest BCUT2D eigenvalue weighted by Crippen LogP contribution is 2.26. The summed E-state index contributed by atoms with van der Waals surface area (Å²) in [6.07, 6.45) is 3.66. The van der Waals surface area contributed by atoms with Crippen LogP contribution in [0.1, 0.15) is 19.5 Å². The van der Waals surface area contributed by atoms with Crippen LogP contribution in [0, 0.1) is 5.92 Å². The van der Waals surface area contributed by atoms with Gasteiger partial charge in [0.2, 0.25) is 0 Å². The Balaban J connectivity index is 1.58. The number of rotatable bonds is 5. The molecule has 0 atom stereocenters. The van der Waals surface area contributed by atoms with Crippen LogP contribution < -0.4 is 4.90 Å². The van der Waals surface area contributed by atoms with Crippen molar-refractivity contribution in [1.82, 2.24) is 19.5 Å². The molecule has 0 radical (unpaired) electrons. The van der Waals surface area contributed by atoms with Crippen LogP contribution >= 0.6 is 0 Å². The number of nitrogens with zero attached hydrogens (tertiary/aromatic N) is 5. The fourth-order valence-electron chi connectivity index (χ4n) is 3.76. The average molecular weight is 361 g/mol. The molecule has 3 heterocycles. The minimum atomic E-state index is 0.725. The summed E-state index contributed by atoms with van der Waals surface area (Å²) in [6.45, 7) is 14.0. The van der Waals surface area contributed by atoms with E-state index in [-0.39, 0.29) is 0 Å². The minimum absolute atomic E-state index is 0.725. The third-order valence-corrected chi connectivity index (χ3v) is 5.09. The summed E-state index contributed by atoms with van der Waals surface area (Å²) < 4.78 is 1.90. The van der Waals surface area contributed by atoms with Gasteiger partial charge in [0.05, 0.1) is 17.6 Å². The Bertz CT molecular complexity index is 935. The Morgan fingerprint density at radius 2 is 1.93 bits per heavy atom. The molecule has 1 aromatic carbocycles. The van der Waals surface area contributed by atoms with Crippen LogP contribution in [0.15, 0.2) is 49.2 Å². The van der Waals surface area contributed by atoms with Gasteiger partial charge in [0.25, 0.3) is 0 Å². The lowest BCUT2D eigenvalue weighted by Crippen LogP contribution is -2.47. The summed E-state index contributed by atoms with van der Waals surface area (Å²) in [5.74, 6) is 0.725. The van der Waals surface area contributed by atoms with Crippen LogP contribution in [0.3, 0.4) is 0 Å². The van der Waals surface area contributed by atoms with Crippen LogP contribution in [-0.4, -0.2) is 52.2 Å². The molecular weight excluding hydrogens is 334 g/mol. The second kappa shape index (κ2) is 7.53. The van der Waals surface area contributed by atoms with E-state index in [0.29, 0.717) is 0 Å². The number of hydrogen-bond donors (Lipinski definition) is 0. The van der Waals surface area contributed by atoms with Crippen molar-refractivity contribution < 1.29 is 0 Å². The van der Waals surface area contributed by atoms with Gasteiger partial charge in [-0.1, -0.05) is 32.6 Å². The van der Waals surface area contributed by atoms with Crippen molar-refractivity contribution in [2.24, 2.45) is 5.92 Å². The normalized spacial score (nSPS) is 15.6. The van der Waals surface area contributed by atoms with Crippen LogP contribution in [0.25, 0.3) is 23.0 Å². The summed E-state index contributed by atoms with van der Waals surface area (Å²) in [5, 5.41) is 4.63. The van der Waals surface area contributed by atoms with Gasteiger partial charge < -0.3 is 4.90 Å². The molecule has 0 unspecified atom stereocenters. The van der Waals surface area contributed by atoms with E-state index >= 15 is 0 Å². The molecule has 0 aliphatic carbocycles. The van der Waals surface area contributed by atoms with Gasteiger partial charge in [-0.25, -0.2) is 9.50 Å². The molecular formula is C22H27N5. The van der Waals surface area contributed by atoms with Crippen molar-refractivity contribution in [3.8, 4) is 11.3 Å². The Labute approximate surface area is 160 Å². The van der Waals surface area contributed by atoms with E-state index in [1.165, 1.54) is 12.2 Å². The van der Waals surface area contributed by atoms with E-state index in [1.807, 2.05) is 22.8 Å². The van der Waals surface area contributed by atoms with Crippen molar-refractivity contribution in [2.45, 2.75) is 13.8 Å². The quantitative estimate of drug-likeness (QED) is 0.692. The van der Waals surface area contributed by atoms with E-state index in [0.717, 1.165) is 54.7 Å². The van der Waals surface area contributed by atoms with E-state index in [4.69, 9.17) is 0 Å². The Morgan fingerprint density at radius 1 is 1.11 bits per heavy atom. The molecule has 0 saturated carbocycles. The van der Waals surface area contributed by atoms with E-state index < -0.39 is 0 Å². The standard InChI is InChI=1S/C22H27N5/c1-4-19-8-9-22-23-15-21(27(22)24-19)18-6-5-7-20(14-18)26-12-10-25(11-13-26)16-17(2)3/h4-9,14-15,17H,1,10-13,16H2,2-3H3. The van der Waals surface area contributed by atoms with Crippen LogP contribution in [0.4, 0.5) is 5.69 Å². The lowest BCUT2D eigenvalue weighted by Gasteiger charge is -2.37. The minimum Gasteiger partial charge on any atom is -0.369 e. The molecule has 1 fully saturated rings. The molecule has 3 aromatic rings. The first-order valence-corrected chi connectivity index (χ1v) is 9.69. The molecule has 5 nitrogen and oxygen atoms in total. The zero-order chi connectivity index (χ0) is 18.8. The molecule has 0 bridgehead atoms. The molecule has 5 heteroatoms. The second-order valence-corrected chi connectivity index (χ2v) is 7.61. The SMILES string of the molecule is C=Cc1ccc2ncc(-c3cccc(N4CCN(CC(C)C)CC4)c3)n2n1. The number of piperazine rings is 1. The monoisotopic (exact) mass is 361 g/mol. The lowest BCUT2D eigenvalue weighted by atomic mass is 10.1. The van der Waals surface area contributed by atoms with Crippen LogP contribution in [0.5, 0.6) is 0 Å². The number of imidazole rings is 1. The number of aromatic nitrogens is 3. The van der Waals surface area contributed by atoms with Gasteiger partial charge in [-0.2, -0.15) is 5.10 Å². The summed E-state index contributed by atoms with van der Waals surface area (Å²) in [6, 6.07) is 12.6. The molecule has 140 valence electrons. The van der Waals surface area contributed by atoms with E-state index in [1.54, 1.807) is 6.08 Å². The van der Waals surface area contributed by atoms with Gasteiger partial charge in [0.15, 0.2) is 5.65 Å². The molecule has 0 amide bonds. The summed E-state index contributed by atoms with van der Waals surface area (Å²) in [5.41, 5.74) is 5.11. The van der Waals surface area contributed by atoms with Crippen molar-refractivity contribution in [1.29, 1.82) is 0 Å². The van der Waals surface area contributed by atoms with Crippen molar-refractivity contribution in [3.63, 3.8) is 0 Å².